The second-order valence-corrected chi connectivity index (χ2v) is 6.58. The maximum Gasteiger partial charge on any atom is 0.264 e. The molecule has 1 aliphatic rings. The fraction of sp³-hybridized carbons (Fsp3) is 0.294. The van der Waals surface area contributed by atoms with Gasteiger partial charge in [0, 0.05) is 18.3 Å². The van der Waals surface area contributed by atoms with Gasteiger partial charge in [0.1, 0.15) is 17.7 Å². The zero-order valence-corrected chi connectivity index (χ0v) is 13.6. The van der Waals surface area contributed by atoms with Crippen LogP contribution < -0.4 is 5.32 Å². The first kappa shape index (κ1) is 16.6. The molecule has 1 aliphatic heterocycles. The van der Waals surface area contributed by atoms with Crippen molar-refractivity contribution in [3.8, 4) is 0 Å². The third-order valence-corrected chi connectivity index (χ3v) is 4.79. The van der Waals surface area contributed by atoms with E-state index in [4.69, 9.17) is 0 Å². The van der Waals surface area contributed by atoms with Crippen LogP contribution in [0.4, 0.5) is 14.5 Å². The van der Waals surface area contributed by atoms with Crippen molar-refractivity contribution in [2.45, 2.75) is 25.3 Å². The molecule has 0 radical (unpaired) electrons. The van der Waals surface area contributed by atoms with E-state index in [-0.39, 0.29) is 11.6 Å². The Bertz CT molecular complexity index is 729. The minimum atomic E-state index is -0.763. The maximum atomic E-state index is 13.3. The monoisotopic (exact) mass is 350 g/mol. The summed E-state index contributed by atoms with van der Waals surface area (Å²) in [6.07, 6.45) is 2.18. The Hall–Kier alpha value is -2.28. The van der Waals surface area contributed by atoms with Crippen molar-refractivity contribution in [2.24, 2.45) is 0 Å². The van der Waals surface area contributed by atoms with E-state index in [2.05, 4.69) is 5.32 Å². The highest BCUT2D eigenvalue weighted by Crippen LogP contribution is 2.23. The van der Waals surface area contributed by atoms with Gasteiger partial charge in [0.2, 0.25) is 5.91 Å². The van der Waals surface area contributed by atoms with E-state index in [9.17, 15) is 18.4 Å². The molecule has 126 valence electrons. The third kappa shape index (κ3) is 3.62. The van der Waals surface area contributed by atoms with Crippen LogP contribution in [0.25, 0.3) is 0 Å². The molecule has 2 aromatic rings. The van der Waals surface area contributed by atoms with Gasteiger partial charge in [-0.2, -0.15) is 0 Å². The van der Waals surface area contributed by atoms with Crippen LogP contribution in [0.2, 0.25) is 0 Å². The van der Waals surface area contributed by atoms with Gasteiger partial charge < -0.3 is 10.2 Å². The summed E-state index contributed by atoms with van der Waals surface area (Å²) in [6, 6.07) is 5.71. The summed E-state index contributed by atoms with van der Waals surface area (Å²) in [5.74, 6) is -2.14. The van der Waals surface area contributed by atoms with Gasteiger partial charge in [-0.25, -0.2) is 8.78 Å². The Morgan fingerprint density at radius 1 is 1.17 bits per heavy atom. The zero-order chi connectivity index (χ0) is 17.1. The molecule has 1 atom stereocenters. The second kappa shape index (κ2) is 7.09. The highest BCUT2D eigenvalue weighted by Gasteiger charge is 2.33. The van der Waals surface area contributed by atoms with Crippen LogP contribution in [0.15, 0.2) is 35.7 Å². The van der Waals surface area contributed by atoms with Gasteiger partial charge in [-0.15, -0.1) is 11.3 Å². The van der Waals surface area contributed by atoms with E-state index < -0.39 is 23.6 Å². The van der Waals surface area contributed by atoms with Gasteiger partial charge in [0.15, 0.2) is 0 Å². The number of benzene rings is 1. The summed E-state index contributed by atoms with van der Waals surface area (Å²) in [4.78, 5) is 27.2. The second-order valence-electron chi connectivity index (χ2n) is 5.63. The lowest BCUT2D eigenvalue weighted by Crippen LogP contribution is -2.49. The topological polar surface area (TPSA) is 49.4 Å². The van der Waals surface area contributed by atoms with Crippen molar-refractivity contribution in [3.63, 3.8) is 0 Å². The molecular weight excluding hydrogens is 334 g/mol. The first-order valence-electron chi connectivity index (χ1n) is 7.66. The van der Waals surface area contributed by atoms with Crippen molar-refractivity contribution in [1.82, 2.24) is 4.90 Å². The minimum Gasteiger partial charge on any atom is -0.326 e. The summed E-state index contributed by atoms with van der Waals surface area (Å²) in [7, 11) is 0. The first-order chi connectivity index (χ1) is 11.5. The van der Waals surface area contributed by atoms with Crippen LogP contribution in [-0.4, -0.2) is 29.3 Å². The first-order valence-corrected chi connectivity index (χ1v) is 8.54. The number of halogens is 2. The van der Waals surface area contributed by atoms with E-state index in [0.717, 1.165) is 31.0 Å². The van der Waals surface area contributed by atoms with Crippen LogP contribution in [0.3, 0.4) is 0 Å². The zero-order valence-electron chi connectivity index (χ0n) is 12.8. The standard InChI is InChI=1S/C17H16F2N2O2S/c18-11-8-12(19)10-13(9-11)20-16(22)14-4-1-2-6-21(14)17(23)15-5-3-7-24-15/h3,5,7-10,14H,1-2,4,6H2,(H,20,22)/t14-/m1/s1. The summed E-state index contributed by atoms with van der Waals surface area (Å²) < 4.78 is 26.5. The van der Waals surface area contributed by atoms with Gasteiger partial charge >= 0.3 is 0 Å². The van der Waals surface area contributed by atoms with E-state index in [1.54, 1.807) is 17.0 Å². The van der Waals surface area contributed by atoms with Crippen LogP contribution in [0.5, 0.6) is 0 Å². The highest BCUT2D eigenvalue weighted by molar-refractivity contribution is 7.12. The third-order valence-electron chi connectivity index (χ3n) is 3.93. The smallest absolute Gasteiger partial charge is 0.264 e. The van der Waals surface area contributed by atoms with Crippen molar-refractivity contribution >= 4 is 28.8 Å². The van der Waals surface area contributed by atoms with E-state index in [1.807, 2.05) is 5.38 Å². The average Bonchev–Trinajstić information content (AvgIpc) is 3.07. The number of amides is 2. The lowest BCUT2D eigenvalue weighted by atomic mass is 10.0. The number of hydrogen-bond donors (Lipinski definition) is 1. The molecule has 2 heterocycles. The fourth-order valence-electron chi connectivity index (χ4n) is 2.84. The number of piperidine rings is 1. The van der Waals surface area contributed by atoms with Gasteiger partial charge in [0.05, 0.1) is 4.88 Å². The Kier molecular flexibility index (Phi) is 4.89. The van der Waals surface area contributed by atoms with Gasteiger partial charge in [-0.05, 0) is 42.8 Å². The molecule has 1 N–H and O–H groups in total. The molecule has 3 rings (SSSR count). The molecule has 0 saturated carbocycles. The number of carbonyl (C=O) groups excluding carboxylic acids is 2. The molecule has 0 aliphatic carbocycles. The SMILES string of the molecule is O=C(Nc1cc(F)cc(F)c1)[C@H]1CCCCN1C(=O)c1cccs1. The molecule has 1 saturated heterocycles. The van der Waals surface area contributed by atoms with Crippen molar-refractivity contribution in [3.05, 3.63) is 52.2 Å². The van der Waals surface area contributed by atoms with Crippen molar-refractivity contribution < 1.29 is 18.4 Å². The molecule has 2 amide bonds. The summed E-state index contributed by atoms with van der Waals surface area (Å²) in [6.45, 7) is 0.492. The lowest BCUT2D eigenvalue weighted by Gasteiger charge is -2.34. The quantitative estimate of drug-likeness (QED) is 0.918. The van der Waals surface area contributed by atoms with Crippen LogP contribution in [0, 0.1) is 11.6 Å². The Labute approximate surface area is 142 Å². The van der Waals surface area contributed by atoms with E-state index in [0.29, 0.717) is 17.8 Å². The Morgan fingerprint density at radius 2 is 1.92 bits per heavy atom. The molecule has 1 fully saturated rings. The van der Waals surface area contributed by atoms with E-state index >= 15 is 0 Å². The molecule has 4 nitrogen and oxygen atoms in total. The van der Waals surface area contributed by atoms with Crippen molar-refractivity contribution in [2.75, 3.05) is 11.9 Å². The highest BCUT2D eigenvalue weighted by atomic mass is 32.1. The van der Waals surface area contributed by atoms with Crippen LogP contribution in [-0.2, 0) is 4.79 Å². The average molecular weight is 350 g/mol. The summed E-state index contributed by atoms with van der Waals surface area (Å²) in [5, 5.41) is 4.32. The normalized spacial score (nSPS) is 17.6. The summed E-state index contributed by atoms with van der Waals surface area (Å²) >= 11 is 1.32. The lowest BCUT2D eigenvalue weighted by molar-refractivity contribution is -0.121. The van der Waals surface area contributed by atoms with Crippen molar-refractivity contribution in [1.29, 1.82) is 0 Å². The molecule has 24 heavy (non-hydrogen) atoms. The molecule has 0 bridgehead atoms. The number of rotatable bonds is 3. The molecule has 0 unspecified atom stereocenters. The molecule has 0 spiro atoms. The minimum absolute atomic E-state index is 0.0478. The fourth-order valence-corrected chi connectivity index (χ4v) is 3.52. The Morgan fingerprint density at radius 3 is 2.58 bits per heavy atom. The number of anilines is 1. The van der Waals surface area contributed by atoms with Gasteiger partial charge in [-0.1, -0.05) is 6.07 Å². The number of likely N-dealkylation sites (tertiary alicyclic amines) is 1. The number of hydrogen-bond acceptors (Lipinski definition) is 3. The molecule has 1 aromatic heterocycles. The van der Waals surface area contributed by atoms with Gasteiger partial charge in [0.25, 0.3) is 5.91 Å². The molecule has 1 aromatic carbocycles. The maximum absolute atomic E-state index is 13.3. The Balaban J connectivity index is 1.77. The predicted octanol–water partition coefficient (Wildman–Crippen LogP) is 3.66. The van der Waals surface area contributed by atoms with Gasteiger partial charge in [-0.3, -0.25) is 9.59 Å². The summed E-state index contributed by atoms with van der Waals surface area (Å²) in [5.41, 5.74) is 0.0478. The number of nitrogens with zero attached hydrogens (tertiary/aromatic N) is 1. The largest absolute Gasteiger partial charge is 0.326 e. The van der Waals surface area contributed by atoms with E-state index in [1.165, 1.54) is 11.3 Å². The van der Waals surface area contributed by atoms with Crippen LogP contribution in [0.1, 0.15) is 28.9 Å². The van der Waals surface area contributed by atoms with Crippen LogP contribution >= 0.6 is 11.3 Å². The predicted molar refractivity (Wildman–Crippen MR) is 88.0 cm³/mol. The molecular formula is C17H16F2N2O2S. The number of nitrogens with one attached hydrogen (secondary N) is 1. The molecule has 7 heteroatoms. The number of carbonyl (C=O) groups is 2. The number of thiophene rings is 1.